The van der Waals surface area contributed by atoms with Gasteiger partial charge >= 0.3 is 0 Å². The van der Waals surface area contributed by atoms with Gasteiger partial charge in [0.15, 0.2) is 11.4 Å². The summed E-state index contributed by atoms with van der Waals surface area (Å²) in [6.07, 6.45) is 2.47. The van der Waals surface area contributed by atoms with Crippen molar-refractivity contribution in [3.8, 4) is 22.5 Å². The summed E-state index contributed by atoms with van der Waals surface area (Å²) in [7, 11) is 0. The Morgan fingerprint density at radius 1 is 0.840 bits per heavy atom. The number of ether oxygens (including phenoxy) is 1. The summed E-state index contributed by atoms with van der Waals surface area (Å²) in [6, 6.07) is 27.6. The van der Waals surface area contributed by atoms with Gasteiger partial charge in [-0.05, 0) is 6.07 Å². The molecule has 1 aliphatic rings. The third-order valence-corrected chi connectivity index (χ3v) is 4.73. The Morgan fingerprint density at radius 3 is 2.16 bits per heavy atom. The number of fused-ring (bicyclic) bond motifs is 1. The Labute approximate surface area is 146 Å². The van der Waals surface area contributed by atoms with Crippen LogP contribution in [0.15, 0.2) is 85.1 Å². The highest BCUT2D eigenvalue weighted by atomic mass is 16.6. The first-order valence-corrected chi connectivity index (χ1v) is 8.67. The molecular weight excluding hydrogens is 308 g/mol. The quantitative estimate of drug-likeness (QED) is 0.410. The van der Waals surface area contributed by atoms with Crippen LogP contribution in [0.1, 0.15) is 0 Å². The van der Waals surface area contributed by atoms with Gasteiger partial charge in [-0.2, -0.15) is 4.40 Å². The van der Waals surface area contributed by atoms with Gasteiger partial charge in [0.25, 0.3) is 5.65 Å². The van der Waals surface area contributed by atoms with E-state index in [1.54, 1.807) is 0 Å². The summed E-state index contributed by atoms with van der Waals surface area (Å²) < 4.78 is 10.2. The van der Waals surface area contributed by atoms with Crippen LogP contribution >= 0.6 is 0 Å². The molecule has 5 rings (SSSR count). The number of hydrogen-bond acceptors (Lipinski definition) is 1. The second-order valence-electron chi connectivity index (χ2n) is 6.42. The molecule has 3 nitrogen and oxygen atoms in total. The van der Waals surface area contributed by atoms with Crippen LogP contribution in [0.4, 0.5) is 0 Å². The first kappa shape index (κ1) is 14.4. The van der Waals surface area contributed by atoms with E-state index in [4.69, 9.17) is 4.74 Å². The van der Waals surface area contributed by atoms with E-state index in [-0.39, 0.29) is 0 Å². The fourth-order valence-electron chi connectivity index (χ4n) is 3.52. The Hall–Kier alpha value is -2.91. The number of aromatic nitrogens is 2. The highest BCUT2D eigenvalue weighted by Crippen LogP contribution is 2.32. The van der Waals surface area contributed by atoms with Gasteiger partial charge in [0.1, 0.15) is 12.6 Å². The number of rotatable bonds is 4. The van der Waals surface area contributed by atoms with Crippen LogP contribution in [0, 0.1) is 0 Å². The molecule has 0 radical (unpaired) electrons. The van der Waals surface area contributed by atoms with Crippen LogP contribution < -0.4 is 4.57 Å². The SMILES string of the molecule is c1ccc(-c2c(-c3ccccc3)[n+](C[C@@H]3CO3)c3ccccn23)cc1. The molecular formula is C22H19N2O+. The number of hydrogen-bond donors (Lipinski definition) is 0. The monoisotopic (exact) mass is 327 g/mol. The zero-order valence-electron chi connectivity index (χ0n) is 13.9. The Balaban J connectivity index is 1.87. The molecule has 1 aliphatic heterocycles. The summed E-state index contributed by atoms with van der Waals surface area (Å²) in [4.78, 5) is 0. The lowest BCUT2D eigenvalue weighted by molar-refractivity contribution is -0.661. The van der Waals surface area contributed by atoms with Gasteiger partial charge in [-0.15, -0.1) is 0 Å². The van der Waals surface area contributed by atoms with Gasteiger partial charge in [0.05, 0.1) is 12.8 Å². The zero-order valence-corrected chi connectivity index (χ0v) is 13.9. The predicted molar refractivity (Wildman–Crippen MR) is 98.2 cm³/mol. The molecule has 0 bridgehead atoms. The average Bonchev–Trinajstić information content (AvgIpc) is 3.44. The highest BCUT2D eigenvalue weighted by molar-refractivity contribution is 5.78. The maximum Gasteiger partial charge on any atom is 0.287 e. The van der Waals surface area contributed by atoms with Crippen LogP contribution in [0.25, 0.3) is 28.2 Å². The third-order valence-electron chi connectivity index (χ3n) is 4.73. The molecule has 25 heavy (non-hydrogen) atoms. The lowest BCUT2D eigenvalue weighted by Gasteiger charge is -2.04. The molecule has 1 saturated heterocycles. The van der Waals surface area contributed by atoms with E-state index in [9.17, 15) is 0 Å². The summed E-state index contributed by atoms with van der Waals surface area (Å²) in [6.45, 7) is 1.73. The van der Waals surface area contributed by atoms with E-state index in [1.165, 1.54) is 28.2 Å². The molecule has 0 spiro atoms. The molecule has 0 saturated carbocycles. The van der Waals surface area contributed by atoms with Crippen LogP contribution in [0.2, 0.25) is 0 Å². The van der Waals surface area contributed by atoms with Crippen LogP contribution in [-0.4, -0.2) is 17.1 Å². The topological polar surface area (TPSA) is 20.8 Å². The molecule has 2 aromatic heterocycles. The second kappa shape index (κ2) is 5.87. The first-order valence-electron chi connectivity index (χ1n) is 8.67. The zero-order chi connectivity index (χ0) is 16.6. The van der Waals surface area contributed by atoms with Crippen molar-refractivity contribution in [1.82, 2.24) is 4.40 Å². The number of nitrogens with zero attached hydrogens (tertiary/aromatic N) is 2. The third kappa shape index (κ3) is 2.53. The molecule has 1 atom stereocenters. The van der Waals surface area contributed by atoms with Gasteiger partial charge < -0.3 is 4.74 Å². The molecule has 0 aliphatic carbocycles. The minimum atomic E-state index is 0.322. The molecule has 0 unspecified atom stereocenters. The van der Waals surface area contributed by atoms with Crippen LogP contribution in [-0.2, 0) is 11.3 Å². The lowest BCUT2D eigenvalue weighted by Crippen LogP contribution is -2.37. The van der Waals surface area contributed by atoms with E-state index < -0.39 is 0 Å². The smallest absolute Gasteiger partial charge is 0.287 e. The average molecular weight is 327 g/mol. The van der Waals surface area contributed by atoms with Gasteiger partial charge in [-0.1, -0.05) is 66.7 Å². The fraction of sp³-hybridized carbons (Fsp3) is 0.136. The van der Waals surface area contributed by atoms with Crippen molar-refractivity contribution >= 4 is 5.65 Å². The van der Waals surface area contributed by atoms with Crippen molar-refractivity contribution < 1.29 is 9.30 Å². The normalized spacial score (nSPS) is 16.2. The number of benzene rings is 2. The lowest BCUT2D eigenvalue weighted by atomic mass is 10.0. The molecule has 122 valence electrons. The highest BCUT2D eigenvalue weighted by Gasteiger charge is 2.33. The maximum atomic E-state index is 5.54. The van der Waals surface area contributed by atoms with Crippen LogP contribution in [0.5, 0.6) is 0 Å². The van der Waals surface area contributed by atoms with Crippen molar-refractivity contribution in [2.24, 2.45) is 0 Å². The van der Waals surface area contributed by atoms with E-state index in [2.05, 4.69) is 94.0 Å². The first-order chi connectivity index (χ1) is 12.4. The molecule has 0 amide bonds. The molecule has 3 heterocycles. The summed E-state index contributed by atoms with van der Waals surface area (Å²) in [5.41, 5.74) is 6.11. The molecule has 3 heteroatoms. The number of imidazole rings is 1. The van der Waals surface area contributed by atoms with Gasteiger partial charge in [-0.3, -0.25) is 0 Å². The molecule has 0 N–H and O–H groups in total. The predicted octanol–water partition coefficient (Wildman–Crippen LogP) is 3.96. The van der Waals surface area contributed by atoms with Crippen molar-refractivity contribution in [3.63, 3.8) is 0 Å². The van der Waals surface area contributed by atoms with Gasteiger partial charge in [-0.25, -0.2) is 4.57 Å². The Kier molecular flexibility index (Phi) is 3.39. The number of epoxide rings is 1. The van der Waals surface area contributed by atoms with E-state index in [0.717, 1.165) is 13.2 Å². The molecule has 2 aromatic carbocycles. The summed E-state index contributed by atoms with van der Waals surface area (Å²) in [5.74, 6) is 0. The number of pyridine rings is 1. The van der Waals surface area contributed by atoms with Gasteiger partial charge in [0.2, 0.25) is 0 Å². The van der Waals surface area contributed by atoms with Crippen molar-refractivity contribution in [2.75, 3.05) is 6.61 Å². The van der Waals surface area contributed by atoms with E-state index in [0.29, 0.717) is 6.10 Å². The van der Waals surface area contributed by atoms with E-state index >= 15 is 0 Å². The minimum Gasteiger partial charge on any atom is -0.369 e. The van der Waals surface area contributed by atoms with Crippen molar-refractivity contribution in [2.45, 2.75) is 12.6 Å². The molecule has 4 aromatic rings. The Bertz CT molecular complexity index is 1020. The largest absolute Gasteiger partial charge is 0.369 e. The molecule has 1 fully saturated rings. The van der Waals surface area contributed by atoms with Crippen molar-refractivity contribution in [3.05, 3.63) is 85.1 Å². The fourth-order valence-corrected chi connectivity index (χ4v) is 3.52. The minimum absolute atomic E-state index is 0.322. The van der Waals surface area contributed by atoms with Crippen molar-refractivity contribution in [1.29, 1.82) is 0 Å². The standard InChI is InChI=1S/C22H19N2O/c1-3-9-17(10-4-1)21-22(18-11-5-2-6-12-18)24(15-19-16-25-19)20-13-7-8-14-23(20)21/h1-14,19H,15-16H2/q+1/t19-/m1/s1. The second-order valence-corrected chi connectivity index (χ2v) is 6.42. The summed E-state index contributed by atoms with van der Waals surface area (Å²) in [5, 5.41) is 0. The van der Waals surface area contributed by atoms with Gasteiger partial charge in [0, 0.05) is 17.2 Å². The Morgan fingerprint density at radius 2 is 1.48 bits per heavy atom. The maximum absolute atomic E-state index is 5.54. The summed E-state index contributed by atoms with van der Waals surface area (Å²) >= 11 is 0. The van der Waals surface area contributed by atoms with E-state index in [1.807, 2.05) is 0 Å². The van der Waals surface area contributed by atoms with Crippen LogP contribution in [0.3, 0.4) is 0 Å².